The summed E-state index contributed by atoms with van der Waals surface area (Å²) in [6, 6.07) is 4.03. The van der Waals surface area contributed by atoms with Crippen LogP contribution in [-0.2, 0) is 0 Å². The molecule has 0 atom stereocenters. The molecular weight excluding hydrogens is 174 g/mol. The Morgan fingerprint density at radius 3 is 2.57 bits per heavy atom. The summed E-state index contributed by atoms with van der Waals surface area (Å²) in [5, 5.41) is 0. The van der Waals surface area contributed by atoms with E-state index in [1.807, 2.05) is 13.0 Å². The van der Waals surface area contributed by atoms with Crippen LogP contribution in [-0.4, -0.2) is 11.1 Å². The Hall–Kier alpha value is -1.05. The van der Waals surface area contributed by atoms with Crippen LogP contribution < -0.4 is 4.74 Å². The predicted octanol–water partition coefficient (Wildman–Crippen LogP) is 2.88. The lowest BCUT2D eigenvalue weighted by molar-refractivity contribution is 0.0694. The molecule has 1 aliphatic carbocycles. The largest absolute Gasteiger partial charge is 0.474 e. The Labute approximate surface area is 85.3 Å². The van der Waals surface area contributed by atoms with Crippen molar-refractivity contribution in [1.29, 1.82) is 0 Å². The second kappa shape index (κ2) is 3.60. The van der Waals surface area contributed by atoms with E-state index in [0.29, 0.717) is 6.10 Å². The average Bonchev–Trinajstić information content (AvgIpc) is 2.09. The van der Waals surface area contributed by atoms with Crippen molar-refractivity contribution in [3.8, 4) is 5.88 Å². The minimum absolute atomic E-state index is 0.402. The summed E-state index contributed by atoms with van der Waals surface area (Å²) in [4.78, 5) is 4.40. The van der Waals surface area contributed by atoms with Crippen LogP contribution in [0.25, 0.3) is 0 Å². The third kappa shape index (κ3) is 1.89. The minimum Gasteiger partial charge on any atom is -0.474 e. The molecule has 0 unspecified atom stereocenters. The van der Waals surface area contributed by atoms with Gasteiger partial charge in [0.15, 0.2) is 0 Å². The van der Waals surface area contributed by atoms with Gasteiger partial charge in [0, 0.05) is 11.8 Å². The van der Waals surface area contributed by atoms with E-state index >= 15 is 0 Å². The Kier molecular flexibility index (Phi) is 2.44. The lowest BCUT2D eigenvalue weighted by Crippen LogP contribution is -2.32. The Balaban J connectivity index is 2.00. The molecule has 76 valence electrons. The fourth-order valence-electron chi connectivity index (χ4n) is 1.77. The highest BCUT2D eigenvalue weighted by atomic mass is 16.5. The summed E-state index contributed by atoms with van der Waals surface area (Å²) in [5.74, 6) is 1.61. The van der Waals surface area contributed by atoms with Gasteiger partial charge in [0.1, 0.15) is 6.10 Å². The maximum Gasteiger partial charge on any atom is 0.213 e. The van der Waals surface area contributed by atoms with Crippen molar-refractivity contribution in [3.63, 3.8) is 0 Å². The normalized spacial score (nSPS) is 25.6. The zero-order valence-corrected chi connectivity index (χ0v) is 9.08. The van der Waals surface area contributed by atoms with Gasteiger partial charge in [0.2, 0.25) is 5.88 Å². The number of rotatable bonds is 2. The maximum absolute atomic E-state index is 5.75. The third-order valence-corrected chi connectivity index (χ3v) is 2.94. The standard InChI is InChI=1S/C12H17NO/c1-8-6-11(7-8)14-12-5-4-9(2)10(3)13-12/h4-5,8,11H,6-7H2,1-3H3. The zero-order chi connectivity index (χ0) is 10.1. The highest BCUT2D eigenvalue weighted by molar-refractivity contribution is 5.23. The van der Waals surface area contributed by atoms with Crippen LogP contribution in [0.2, 0.25) is 0 Å². The van der Waals surface area contributed by atoms with E-state index in [1.165, 1.54) is 18.4 Å². The quantitative estimate of drug-likeness (QED) is 0.717. The van der Waals surface area contributed by atoms with Crippen molar-refractivity contribution in [2.24, 2.45) is 5.92 Å². The van der Waals surface area contributed by atoms with E-state index in [4.69, 9.17) is 4.74 Å². The van der Waals surface area contributed by atoms with Gasteiger partial charge in [-0.3, -0.25) is 0 Å². The van der Waals surface area contributed by atoms with Gasteiger partial charge < -0.3 is 4.74 Å². The molecule has 0 spiro atoms. The molecule has 14 heavy (non-hydrogen) atoms. The van der Waals surface area contributed by atoms with Crippen LogP contribution in [0.5, 0.6) is 5.88 Å². The second-order valence-electron chi connectivity index (χ2n) is 4.37. The molecule has 1 aromatic rings. The first-order valence-corrected chi connectivity index (χ1v) is 5.26. The summed E-state index contributed by atoms with van der Waals surface area (Å²) >= 11 is 0. The van der Waals surface area contributed by atoms with Crippen LogP contribution in [0.4, 0.5) is 0 Å². The summed E-state index contributed by atoms with van der Waals surface area (Å²) in [5.41, 5.74) is 2.29. The first kappa shape index (κ1) is 9.50. The highest BCUT2D eigenvalue weighted by Gasteiger charge is 2.27. The molecule has 0 bridgehead atoms. The summed E-state index contributed by atoms with van der Waals surface area (Å²) in [6.07, 6.45) is 2.75. The molecule has 0 aliphatic heterocycles. The lowest BCUT2D eigenvalue weighted by atomic mass is 9.84. The molecule has 2 nitrogen and oxygen atoms in total. The van der Waals surface area contributed by atoms with Gasteiger partial charge in [-0.05, 0) is 38.2 Å². The molecule has 0 saturated heterocycles. The van der Waals surface area contributed by atoms with E-state index in [0.717, 1.165) is 17.5 Å². The van der Waals surface area contributed by atoms with Gasteiger partial charge in [-0.25, -0.2) is 4.98 Å². The Bertz CT molecular complexity index is 329. The Morgan fingerprint density at radius 2 is 2.00 bits per heavy atom. The van der Waals surface area contributed by atoms with Crippen LogP contribution in [0.1, 0.15) is 31.0 Å². The molecule has 0 radical (unpaired) electrons. The molecule has 1 aromatic heterocycles. The van der Waals surface area contributed by atoms with Crippen LogP contribution in [0.3, 0.4) is 0 Å². The van der Waals surface area contributed by atoms with Crippen LogP contribution >= 0.6 is 0 Å². The first-order chi connectivity index (χ1) is 6.65. The molecule has 1 fully saturated rings. The lowest BCUT2D eigenvalue weighted by Gasteiger charge is -2.32. The first-order valence-electron chi connectivity index (χ1n) is 5.26. The number of hydrogen-bond donors (Lipinski definition) is 0. The maximum atomic E-state index is 5.75. The van der Waals surface area contributed by atoms with Crippen molar-refractivity contribution < 1.29 is 4.74 Å². The van der Waals surface area contributed by atoms with Gasteiger partial charge in [0.25, 0.3) is 0 Å². The molecule has 2 rings (SSSR count). The van der Waals surface area contributed by atoms with Crippen molar-refractivity contribution in [3.05, 3.63) is 23.4 Å². The molecule has 0 aromatic carbocycles. The van der Waals surface area contributed by atoms with E-state index in [1.54, 1.807) is 0 Å². The highest BCUT2D eigenvalue weighted by Crippen LogP contribution is 2.30. The van der Waals surface area contributed by atoms with Crippen LogP contribution in [0.15, 0.2) is 12.1 Å². The van der Waals surface area contributed by atoms with Gasteiger partial charge >= 0.3 is 0 Å². The number of hydrogen-bond acceptors (Lipinski definition) is 2. The third-order valence-electron chi connectivity index (χ3n) is 2.94. The zero-order valence-electron chi connectivity index (χ0n) is 9.08. The van der Waals surface area contributed by atoms with E-state index < -0.39 is 0 Å². The van der Waals surface area contributed by atoms with Crippen molar-refractivity contribution >= 4 is 0 Å². The van der Waals surface area contributed by atoms with E-state index in [2.05, 4.69) is 24.9 Å². The van der Waals surface area contributed by atoms with Crippen molar-refractivity contribution in [2.75, 3.05) is 0 Å². The molecule has 1 saturated carbocycles. The fraction of sp³-hybridized carbons (Fsp3) is 0.583. The van der Waals surface area contributed by atoms with Gasteiger partial charge in [-0.1, -0.05) is 13.0 Å². The van der Waals surface area contributed by atoms with E-state index in [9.17, 15) is 0 Å². The van der Waals surface area contributed by atoms with Crippen LogP contribution in [0, 0.1) is 19.8 Å². The van der Waals surface area contributed by atoms with Gasteiger partial charge in [-0.2, -0.15) is 0 Å². The van der Waals surface area contributed by atoms with E-state index in [-0.39, 0.29) is 0 Å². The SMILES string of the molecule is Cc1ccc(OC2CC(C)C2)nc1C. The van der Waals surface area contributed by atoms with Crippen molar-refractivity contribution in [2.45, 2.75) is 39.7 Å². The second-order valence-corrected chi connectivity index (χ2v) is 4.37. The predicted molar refractivity (Wildman–Crippen MR) is 56.5 cm³/mol. The molecule has 2 heteroatoms. The summed E-state index contributed by atoms with van der Waals surface area (Å²) < 4.78 is 5.75. The van der Waals surface area contributed by atoms with Crippen molar-refractivity contribution in [1.82, 2.24) is 4.98 Å². The molecule has 0 amide bonds. The topological polar surface area (TPSA) is 22.1 Å². The number of ether oxygens (including phenoxy) is 1. The molecule has 1 heterocycles. The fourth-order valence-corrected chi connectivity index (χ4v) is 1.77. The summed E-state index contributed by atoms with van der Waals surface area (Å²) in [6.45, 7) is 6.34. The molecular formula is C12H17NO. The number of aryl methyl sites for hydroxylation is 2. The smallest absolute Gasteiger partial charge is 0.213 e. The Morgan fingerprint density at radius 1 is 1.29 bits per heavy atom. The number of nitrogens with zero attached hydrogens (tertiary/aromatic N) is 1. The summed E-state index contributed by atoms with van der Waals surface area (Å²) in [7, 11) is 0. The van der Waals surface area contributed by atoms with Gasteiger partial charge in [-0.15, -0.1) is 0 Å². The average molecular weight is 191 g/mol. The molecule has 1 aliphatic rings. The molecule has 0 N–H and O–H groups in total. The minimum atomic E-state index is 0.402. The monoisotopic (exact) mass is 191 g/mol. The number of pyridine rings is 1. The number of aromatic nitrogens is 1. The van der Waals surface area contributed by atoms with Gasteiger partial charge in [0.05, 0.1) is 0 Å².